The number of carbonyl (C=O) groups is 1. The van der Waals surface area contributed by atoms with Crippen LogP contribution in [0.1, 0.15) is 36.0 Å². The van der Waals surface area contributed by atoms with Crippen LogP contribution in [-0.4, -0.2) is 28.8 Å². The van der Waals surface area contributed by atoms with Crippen molar-refractivity contribution in [2.24, 2.45) is 0 Å². The topological polar surface area (TPSA) is 75.5 Å². The van der Waals surface area contributed by atoms with Crippen molar-refractivity contribution in [1.29, 1.82) is 0 Å². The van der Waals surface area contributed by atoms with Gasteiger partial charge in [-0.15, -0.1) is 0 Å². The van der Waals surface area contributed by atoms with Crippen LogP contribution in [0.3, 0.4) is 0 Å². The summed E-state index contributed by atoms with van der Waals surface area (Å²) in [7, 11) is 0. The molecule has 1 fully saturated rings. The Bertz CT molecular complexity index is 766. The van der Waals surface area contributed by atoms with Gasteiger partial charge in [0.05, 0.1) is 11.3 Å². The molecule has 1 amide bonds. The van der Waals surface area contributed by atoms with Crippen molar-refractivity contribution in [1.82, 2.24) is 10.2 Å². The van der Waals surface area contributed by atoms with Crippen molar-refractivity contribution in [2.75, 3.05) is 13.1 Å². The van der Waals surface area contributed by atoms with Crippen LogP contribution in [0.15, 0.2) is 48.5 Å². The van der Waals surface area contributed by atoms with Gasteiger partial charge in [0.25, 0.3) is 5.69 Å². The molecule has 0 saturated carbocycles. The van der Waals surface area contributed by atoms with E-state index in [0.29, 0.717) is 6.54 Å². The maximum Gasteiger partial charge on any atom is 0.269 e. The maximum absolute atomic E-state index is 12.1. The standard InChI is InChI=1S/C21H25N3O3/c25-21(14-17-8-10-20(11-9-17)24(26)27)22-15-18-4-6-19(7-5-18)16-23-12-2-1-3-13-23/h4-11H,1-3,12-16H2,(H,22,25). The molecule has 2 aromatic carbocycles. The van der Waals surface area contributed by atoms with Gasteiger partial charge in [-0.3, -0.25) is 19.8 Å². The Labute approximate surface area is 159 Å². The minimum Gasteiger partial charge on any atom is -0.352 e. The summed E-state index contributed by atoms with van der Waals surface area (Å²) in [5.74, 6) is -0.0961. The first kappa shape index (κ1) is 19.0. The SMILES string of the molecule is O=C(Cc1ccc([N+](=O)[O-])cc1)NCc1ccc(CN2CCCCC2)cc1. The zero-order chi connectivity index (χ0) is 19.1. The summed E-state index contributed by atoms with van der Waals surface area (Å²) in [5.41, 5.74) is 3.16. The maximum atomic E-state index is 12.1. The van der Waals surface area contributed by atoms with Crippen LogP contribution in [0.25, 0.3) is 0 Å². The van der Waals surface area contributed by atoms with Crippen LogP contribution in [0.4, 0.5) is 5.69 Å². The van der Waals surface area contributed by atoms with Crippen molar-refractivity contribution >= 4 is 11.6 Å². The van der Waals surface area contributed by atoms with Gasteiger partial charge >= 0.3 is 0 Å². The van der Waals surface area contributed by atoms with Gasteiger partial charge in [-0.05, 0) is 42.6 Å². The summed E-state index contributed by atoms with van der Waals surface area (Å²) in [4.78, 5) is 24.8. The van der Waals surface area contributed by atoms with E-state index in [1.54, 1.807) is 12.1 Å². The Kier molecular flexibility index (Phi) is 6.54. The van der Waals surface area contributed by atoms with Crippen LogP contribution in [0, 0.1) is 10.1 Å². The number of nitrogens with zero attached hydrogens (tertiary/aromatic N) is 2. The molecule has 3 rings (SSSR count). The number of hydrogen-bond acceptors (Lipinski definition) is 4. The minimum atomic E-state index is -0.446. The number of piperidine rings is 1. The third kappa shape index (κ3) is 5.89. The molecule has 1 aliphatic heterocycles. The summed E-state index contributed by atoms with van der Waals surface area (Å²) in [6.45, 7) is 3.84. The van der Waals surface area contributed by atoms with Gasteiger partial charge in [0.15, 0.2) is 0 Å². The molecule has 0 spiro atoms. The number of amides is 1. The van der Waals surface area contributed by atoms with E-state index >= 15 is 0 Å². The molecular formula is C21H25N3O3. The smallest absolute Gasteiger partial charge is 0.269 e. The van der Waals surface area contributed by atoms with Gasteiger partial charge < -0.3 is 5.32 Å². The normalized spacial score (nSPS) is 14.7. The number of hydrogen-bond donors (Lipinski definition) is 1. The second-order valence-corrected chi connectivity index (χ2v) is 7.03. The lowest BCUT2D eigenvalue weighted by molar-refractivity contribution is -0.384. The fraction of sp³-hybridized carbons (Fsp3) is 0.381. The van der Waals surface area contributed by atoms with Crippen LogP contribution in [0.5, 0.6) is 0 Å². The quantitative estimate of drug-likeness (QED) is 0.601. The molecule has 0 atom stereocenters. The van der Waals surface area contributed by atoms with Crippen molar-refractivity contribution < 1.29 is 9.72 Å². The summed E-state index contributed by atoms with van der Waals surface area (Å²) in [6.07, 6.45) is 4.14. The Balaban J connectivity index is 1.44. The van der Waals surface area contributed by atoms with Crippen LogP contribution in [0.2, 0.25) is 0 Å². The number of likely N-dealkylation sites (tertiary alicyclic amines) is 1. The first-order valence-electron chi connectivity index (χ1n) is 9.40. The Morgan fingerprint density at radius 2 is 1.52 bits per heavy atom. The molecule has 0 radical (unpaired) electrons. The van der Waals surface area contributed by atoms with Crippen molar-refractivity contribution in [3.8, 4) is 0 Å². The number of rotatable bonds is 7. The van der Waals surface area contributed by atoms with Gasteiger partial charge in [0.1, 0.15) is 0 Å². The van der Waals surface area contributed by atoms with Gasteiger partial charge in [-0.1, -0.05) is 42.8 Å². The van der Waals surface area contributed by atoms with Crippen molar-refractivity contribution in [2.45, 2.75) is 38.8 Å². The molecule has 27 heavy (non-hydrogen) atoms. The van der Waals surface area contributed by atoms with E-state index in [-0.39, 0.29) is 18.0 Å². The summed E-state index contributed by atoms with van der Waals surface area (Å²) < 4.78 is 0. The monoisotopic (exact) mass is 367 g/mol. The van der Waals surface area contributed by atoms with Crippen LogP contribution < -0.4 is 5.32 Å². The number of nitro benzene ring substituents is 1. The van der Waals surface area contributed by atoms with Gasteiger partial charge in [0, 0.05) is 25.2 Å². The van der Waals surface area contributed by atoms with E-state index in [2.05, 4.69) is 34.5 Å². The highest BCUT2D eigenvalue weighted by molar-refractivity contribution is 5.78. The molecule has 0 aromatic heterocycles. The van der Waals surface area contributed by atoms with E-state index < -0.39 is 4.92 Å². The molecule has 142 valence electrons. The van der Waals surface area contributed by atoms with E-state index in [1.165, 1.54) is 50.0 Å². The zero-order valence-electron chi connectivity index (χ0n) is 15.4. The lowest BCUT2D eigenvalue weighted by Crippen LogP contribution is -2.29. The molecule has 1 heterocycles. The average Bonchev–Trinajstić information content (AvgIpc) is 2.69. The highest BCUT2D eigenvalue weighted by Gasteiger charge is 2.10. The molecule has 1 N–H and O–H groups in total. The highest BCUT2D eigenvalue weighted by atomic mass is 16.6. The molecule has 1 saturated heterocycles. The number of non-ortho nitro benzene ring substituents is 1. The predicted molar refractivity (Wildman–Crippen MR) is 104 cm³/mol. The zero-order valence-corrected chi connectivity index (χ0v) is 15.4. The lowest BCUT2D eigenvalue weighted by atomic mass is 10.1. The summed E-state index contributed by atoms with van der Waals surface area (Å²) >= 11 is 0. The first-order chi connectivity index (χ1) is 13.1. The van der Waals surface area contributed by atoms with Crippen LogP contribution >= 0.6 is 0 Å². The lowest BCUT2D eigenvalue weighted by Gasteiger charge is -2.26. The van der Waals surface area contributed by atoms with Gasteiger partial charge in [-0.25, -0.2) is 0 Å². The summed E-state index contributed by atoms with van der Waals surface area (Å²) in [5, 5.41) is 13.6. The molecule has 6 heteroatoms. The molecule has 2 aromatic rings. The molecule has 0 unspecified atom stereocenters. The number of nitro groups is 1. The van der Waals surface area contributed by atoms with E-state index in [4.69, 9.17) is 0 Å². The molecular weight excluding hydrogens is 342 g/mol. The van der Waals surface area contributed by atoms with E-state index in [0.717, 1.165) is 17.7 Å². The number of nitrogens with one attached hydrogen (secondary N) is 1. The van der Waals surface area contributed by atoms with Crippen molar-refractivity contribution in [3.63, 3.8) is 0 Å². The number of benzene rings is 2. The molecule has 0 bridgehead atoms. The summed E-state index contributed by atoms with van der Waals surface area (Å²) in [6, 6.07) is 14.5. The fourth-order valence-corrected chi connectivity index (χ4v) is 3.32. The average molecular weight is 367 g/mol. The third-order valence-electron chi connectivity index (χ3n) is 4.88. The minimum absolute atomic E-state index is 0.0313. The fourth-order valence-electron chi connectivity index (χ4n) is 3.32. The third-order valence-corrected chi connectivity index (χ3v) is 4.88. The first-order valence-corrected chi connectivity index (χ1v) is 9.40. The Morgan fingerprint density at radius 1 is 0.926 bits per heavy atom. The second kappa shape index (κ2) is 9.28. The highest BCUT2D eigenvalue weighted by Crippen LogP contribution is 2.14. The molecule has 1 aliphatic rings. The second-order valence-electron chi connectivity index (χ2n) is 7.03. The van der Waals surface area contributed by atoms with Gasteiger partial charge in [-0.2, -0.15) is 0 Å². The van der Waals surface area contributed by atoms with E-state index in [1.807, 2.05) is 0 Å². The van der Waals surface area contributed by atoms with Gasteiger partial charge in [0.2, 0.25) is 5.91 Å². The molecule has 0 aliphatic carbocycles. The Morgan fingerprint density at radius 3 is 2.15 bits per heavy atom. The predicted octanol–water partition coefficient (Wildman–Crippen LogP) is 3.44. The largest absolute Gasteiger partial charge is 0.352 e. The van der Waals surface area contributed by atoms with Crippen LogP contribution in [-0.2, 0) is 24.3 Å². The van der Waals surface area contributed by atoms with E-state index in [9.17, 15) is 14.9 Å². The molecule has 6 nitrogen and oxygen atoms in total. The number of carbonyl (C=O) groups excluding carboxylic acids is 1. The van der Waals surface area contributed by atoms with Crippen molar-refractivity contribution in [3.05, 3.63) is 75.3 Å². The Hall–Kier alpha value is -2.73.